The maximum Gasteiger partial charge on any atom is 0.311 e. The lowest BCUT2D eigenvalue weighted by atomic mass is 10.0. The SMILES string of the molecule is C1CCCCC1.O=C(Cc1cccs1)OCCN1CCCCCC1. The zero-order chi connectivity index (χ0) is 16.9. The van der Waals surface area contributed by atoms with Gasteiger partial charge in [0, 0.05) is 11.4 Å². The van der Waals surface area contributed by atoms with Crippen LogP contribution < -0.4 is 0 Å². The third kappa shape index (κ3) is 8.84. The molecule has 3 nitrogen and oxygen atoms in total. The summed E-state index contributed by atoms with van der Waals surface area (Å²) in [6, 6.07) is 3.94. The summed E-state index contributed by atoms with van der Waals surface area (Å²) in [6.45, 7) is 3.73. The highest BCUT2D eigenvalue weighted by atomic mass is 32.1. The van der Waals surface area contributed by atoms with Gasteiger partial charge in [-0.15, -0.1) is 11.3 Å². The Morgan fingerprint density at radius 1 is 0.958 bits per heavy atom. The maximum atomic E-state index is 11.6. The van der Waals surface area contributed by atoms with E-state index in [4.69, 9.17) is 4.74 Å². The number of hydrogen-bond acceptors (Lipinski definition) is 4. The average molecular weight is 352 g/mol. The largest absolute Gasteiger partial charge is 0.464 e. The van der Waals surface area contributed by atoms with Crippen LogP contribution in [0.5, 0.6) is 0 Å². The van der Waals surface area contributed by atoms with Crippen molar-refractivity contribution in [1.82, 2.24) is 4.90 Å². The first-order valence-electron chi connectivity index (χ1n) is 9.75. The fourth-order valence-corrected chi connectivity index (χ4v) is 4.01. The molecule has 2 fully saturated rings. The Balaban J connectivity index is 0.000000292. The van der Waals surface area contributed by atoms with Crippen LogP contribution in [0.15, 0.2) is 17.5 Å². The molecular weight excluding hydrogens is 318 g/mol. The van der Waals surface area contributed by atoms with Crippen molar-refractivity contribution >= 4 is 17.3 Å². The Labute approximate surface area is 151 Å². The zero-order valence-electron chi connectivity index (χ0n) is 15.0. The van der Waals surface area contributed by atoms with E-state index in [2.05, 4.69) is 4.90 Å². The Kier molecular flexibility index (Phi) is 10.1. The number of rotatable bonds is 5. The van der Waals surface area contributed by atoms with E-state index in [0.29, 0.717) is 13.0 Å². The van der Waals surface area contributed by atoms with E-state index in [0.717, 1.165) is 24.5 Å². The minimum Gasteiger partial charge on any atom is -0.464 e. The molecule has 4 heteroatoms. The van der Waals surface area contributed by atoms with Crippen molar-refractivity contribution in [3.63, 3.8) is 0 Å². The molecule has 0 aromatic carbocycles. The van der Waals surface area contributed by atoms with Crippen LogP contribution in [0.25, 0.3) is 0 Å². The van der Waals surface area contributed by atoms with E-state index in [1.807, 2.05) is 17.5 Å². The zero-order valence-corrected chi connectivity index (χ0v) is 15.8. The predicted molar refractivity (Wildman–Crippen MR) is 102 cm³/mol. The molecule has 0 amide bonds. The van der Waals surface area contributed by atoms with Crippen LogP contribution in [0, 0.1) is 0 Å². The van der Waals surface area contributed by atoms with Crippen LogP contribution >= 0.6 is 11.3 Å². The van der Waals surface area contributed by atoms with E-state index in [1.165, 1.54) is 64.2 Å². The van der Waals surface area contributed by atoms with Crippen molar-refractivity contribution in [3.05, 3.63) is 22.4 Å². The fraction of sp³-hybridized carbons (Fsp3) is 0.750. The minimum absolute atomic E-state index is 0.104. The molecule has 0 unspecified atom stereocenters. The second-order valence-corrected chi connectivity index (χ2v) is 7.89. The highest BCUT2D eigenvalue weighted by Crippen LogP contribution is 2.15. The third-order valence-corrected chi connectivity index (χ3v) is 5.64. The van der Waals surface area contributed by atoms with Crippen molar-refractivity contribution in [2.24, 2.45) is 0 Å². The van der Waals surface area contributed by atoms with Gasteiger partial charge < -0.3 is 4.74 Å². The molecule has 0 atom stereocenters. The van der Waals surface area contributed by atoms with Crippen molar-refractivity contribution in [1.29, 1.82) is 0 Å². The molecule has 0 radical (unpaired) electrons. The number of likely N-dealkylation sites (tertiary alicyclic amines) is 1. The summed E-state index contributed by atoms with van der Waals surface area (Å²) in [5.74, 6) is -0.104. The van der Waals surface area contributed by atoms with Crippen LogP contribution in [0.1, 0.15) is 69.1 Å². The summed E-state index contributed by atoms with van der Waals surface area (Å²) in [6.07, 6.45) is 14.7. The molecule has 0 spiro atoms. The van der Waals surface area contributed by atoms with Crippen LogP contribution in [0.3, 0.4) is 0 Å². The topological polar surface area (TPSA) is 29.5 Å². The molecule has 1 aromatic heterocycles. The summed E-state index contributed by atoms with van der Waals surface area (Å²) < 4.78 is 5.28. The second kappa shape index (κ2) is 12.5. The first-order valence-corrected chi connectivity index (χ1v) is 10.6. The van der Waals surface area contributed by atoms with Crippen LogP contribution in [0.4, 0.5) is 0 Å². The van der Waals surface area contributed by atoms with Crippen molar-refractivity contribution in [2.75, 3.05) is 26.2 Å². The van der Waals surface area contributed by atoms with E-state index in [9.17, 15) is 4.79 Å². The Morgan fingerprint density at radius 2 is 1.54 bits per heavy atom. The second-order valence-electron chi connectivity index (χ2n) is 6.85. The van der Waals surface area contributed by atoms with E-state index >= 15 is 0 Å². The Morgan fingerprint density at radius 3 is 2.08 bits per heavy atom. The lowest BCUT2D eigenvalue weighted by molar-refractivity contribution is -0.143. The first kappa shape index (κ1) is 19.5. The molecule has 3 rings (SSSR count). The molecule has 1 saturated heterocycles. The number of nitrogens with zero attached hydrogens (tertiary/aromatic N) is 1. The molecule has 136 valence electrons. The third-order valence-electron chi connectivity index (χ3n) is 4.77. The van der Waals surface area contributed by atoms with Gasteiger partial charge in [0.2, 0.25) is 0 Å². The van der Waals surface area contributed by atoms with Gasteiger partial charge in [0.25, 0.3) is 0 Å². The normalized spacial score (nSPS) is 19.0. The summed E-state index contributed by atoms with van der Waals surface area (Å²) in [4.78, 5) is 15.1. The molecule has 1 aliphatic heterocycles. The summed E-state index contributed by atoms with van der Waals surface area (Å²) in [5.41, 5.74) is 0. The number of thiophene rings is 1. The molecule has 2 heterocycles. The van der Waals surface area contributed by atoms with Gasteiger partial charge in [-0.25, -0.2) is 0 Å². The van der Waals surface area contributed by atoms with Crippen molar-refractivity contribution in [3.8, 4) is 0 Å². The molecule has 0 N–H and O–H groups in total. The number of ether oxygens (including phenoxy) is 1. The van der Waals surface area contributed by atoms with Crippen LogP contribution in [0.2, 0.25) is 0 Å². The summed E-state index contributed by atoms with van der Waals surface area (Å²) >= 11 is 1.60. The lowest BCUT2D eigenvalue weighted by Crippen LogP contribution is -2.29. The lowest BCUT2D eigenvalue weighted by Gasteiger charge is -2.19. The highest BCUT2D eigenvalue weighted by molar-refractivity contribution is 7.10. The van der Waals surface area contributed by atoms with Crippen LogP contribution in [-0.2, 0) is 16.0 Å². The Hall–Kier alpha value is -0.870. The maximum absolute atomic E-state index is 11.6. The number of hydrogen-bond donors (Lipinski definition) is 0. The quantitative estimate of drug-likeness (QED) is 0.695. The summed E-state index contributed by atoms with van der Waals surface area (Å²) in [7, 11) is 0. The molecule has 0 bridgehead atoms. The van der Waals surface area contributed by atoms with Gasteiger partial charge in [-0.2, -0.15) is 0 Å². The van der Waals surface area contributed by atoms with Crippen molar-refractivity contribution in [2.45, 2.75) is 70.6 Å². The highest BCUT2D eigenvalue weighted by Gasteiger charge is 2.10. The predicted octanol–water partition coefficient (Wildman–Crippen LogP) is 5.05. The van der Waals surface area contributed by atoms with E-state index < -0.39 is 0 Å². The fourth-order valence-electron chi connectivity index (χ4n) is 3.32. The molecule has 1 aliphatic carbocycles. The van der Waals surface area contributed by atoms with Gasteiger partial charge in [0.05, 0.1) is 6.42 Å². The van der Waals surface area contributed by atoms with Crippen LogP contribution in [-0.4, -0.2) is 37.1 Å². The van der Waals surface area contributed by atoms with E-state index in [1.54, 1.807) is 11.3 Å². The van der Waals surface area contributed by atoms with Gasteiger partial charge in [0.15, 0.2) is 0 Å². The van der Waals surface area contributed by atoms with Gasteiger partial charge in [-0.1, -0.05) is 57.4 Å². The molecule has 24 heavy (non-hydrogen) atoms. The number of esters is 1. The molecule has 1 aromatic rings. The standard InChI is InChI=1S/C14H21NO2S.C6H12/c16-14(12-13-6-5-11-18-13)17-10-9-15-7-3-1-2-4-8-15;1-2-4-6-5-3-1/h5-6,11H,1-4,7-10,12H2;1-6H2. The molecule has 1 saturated carbocycles. The molecule has 2 aliphatic rings. The van der Waals surface area contributed by atoms with Gasteiger partial charge in [0.1, 0.15) is 6.61 Å². The Bertz CT molecular complexity index is 409. The minimum atomic E-state index is -0.104. The van der Waals surface area contributed by atoms with Gasteiger partial charge >= 0.3 is 5.97 Å². The first-order chi connectivity index (χ1) is 11.8. The van der Waals surface area contributed by atoms with Gasteiger partial charge in [-0.05, 0) is 37.4 Å². The number of carbonyl (C=O) groups excluding carboxylic acids is 1. The summed E-state index contributed by atoms with van der Waals surface area (Å²) in [5, 5.41) is 1.99. The monoisotopic (exact) mass is 351 g/mol. The van der Waals surface area contributed by atoms with E-state index in [-0.39, 0.29) is 5.97 Å². The number of carbonyl (C=O) groups is 1. The average Bonchev–Trinajstić information content (AvgIpc) is 2.98. The van der Waals surface area contributed by atoms with Gasteiger partial charge in [-0.3, -0.25) is 9.69 Å². The van der Waals surface area contributed by atoms with Crippen molar-refractivity contribution < 1.29 is 9.53 Å². The molecular formula is C20H33NO2S. The smallest absolute Gasteiger partial charge is 0.311 e.